The number of hydrogen-bond acceptors (Lipinski definition) is 8. The molecule has 2 aromatic rings. The monoisotopic (exact) mass is 466 g/mol. The summed E-state index contributed by atoms with van der Waals surface area (Å²) in [7, 11) is 0. The molecule has 158 valence electrons. The number of nitrogens with zero attached hydrogens (tertiary/aromatic N) is 2. The van der Waals surface area contributed by atoms with Gasteiger partial charge in [-0.15, -0.1) is 34.9 Å². The fourth-order valence-corrected chi connectivity index (χ4v) is 6.72. The number of aromatic amines is 1. The van der Waals surface area contributed by atoms with Crippen molar-refractivity contribution in [2.75, 3.05) is 18.1 Å². The average Bonchev–Trinajstić information content (AvgIpc) is 3.24. The number of thiophene rings is 1. The lowest BCUT2D eigenvalue weighted by Crippen LogP contribution is -2.74. The van der Waals surface area contributed by atoms with Gasteiger partial charge in [-0.3, -0.25) is 19.2 Å². The van der Waals surface area contributed by atoms with Crippen molar-refractivity contribution in [3.05, 3.63) is 44.9 Å². The number of nitrogens with one attached hydrogen (secondary N) is 2. The van der Waals surface area contributed by atoms with Crippen LogP contribution in [0.2, 0.25) is 0 Å². The number of β-lactam (4-membered cyclic amide) rings is 1. The molecule has 0 bridgehead atoms. The summed E-state index contributed by atoms with van der Waals surface area (Å²) in [4.78, 5) is 50.5. The summed E-state index contributed by atoms with van der Waals surface area (Å²) < 4.78 is 0. The van der Waals surface area contributed by atoms with Gasteiger partial charge in [-0.1, -0.05) is 6.07 Å². The number of carboxylic acid groups (broad SMARTS) is 1. The Hall–Kier alpha value is -2.31. The van der Waals surface area contributed by atoms with Crippen molar-refractivity contribution in [1.29, 1.82) is 0 Å². The molecular formula is C18H18N4O5S3. The van der Waals surface area contributed by atoms with Gasteiger partial charge in [-0.05, 0) is 17.5 Å². The van der Waals surface area contributed by atoms with E-state index in [2.05, 4.69) is 15.5 Å². The molecule has 2 aromatic heterocycles. The summed E-state index contributed by atoms with van der Waals surface area (Å²) in [6.45, 7) is 0.0759. The topological polar surface area (TPSA) is 132 Å². The van der Waals surface area contributed by atoms with Gasteiger partial charge in [-0.25, -0.2) is 5.10 Å². The lowest BCUT2D eigenvalue weighted by molar-refractivity contribution is -0.157. The summed E-state index contributed by atoms with van der Waals surface area (Å²) in [6, 6.07) is 5.97. The Kier molecular flexibility index (Phi) is 5.89. The van der Waals surface area contributed by atoms with E-state index in [-0.39, 0.29) is 41.5 Å². The zero-order valence-corrected chi connectivity index (χ0v) is 18.0. The molecule has 2 amide bonds. The normalized spacial score (nSPS) is 25.3. The molecule has 0 saturated carbocycles. The highest BCUT2D eigenvalue weighted by Gasteiger charge is 2.57. The van der Waals surface area contributed by atoms with Crippen LogP contribution in [0, 0.1) is 5.41 Å². The highest BCUT2D eigenvalue weighted by Crippen LogP contribution is 2.44. The molecule has 0 radical (unpaired) electrons. The van der Waals surface area contributed by atoms with Crippen molar-refractivity contribution < 1.29 is 19.5 Å². The fraction of sp³-hybridized carbons (Fsp3) is 0.389. The summed E-state index contributed by atoms with van der Waals surface area (Å²) >= 11 is 4.07. The van der Waals surface area contributed by atoms with E-state index in [9.17, 15) is 24.3 Å². The predicted molar refractivity (Wildman–Crippen MR) is 114 cm³/mol. The quantitative estimate of drug-likeness (QED) is 0.400. The van der Waals surface area contributed by atoms with Crippen LogP contribution >= 0.6 is 34.9 Å². The van der Waals surface area contributed by atoms with Crippen LogP contribution in [-0.2, 0) is 20.8 Å². The Bertz CT molecular complexity index is 1010. The van der Waals surface area contributed by atoms with Crippen LogP contribution < -0.4 is 10.9 Å². The Morgan fingerprint density at radius 3 is 2.87 bits per heavy atom. The highest BCUT2D eigenvalue weighted by molar-refractivity contribution is 8.00. The van der Waals surface area contributed by atoms with Gasteiger partial charge in [0.05, 0.1) is 6.42 Å². The number of H-pyrrole nitrogens is 1. The lowest BCUT2D eigenvalue weighted by atomic mass is 9.89. The van der Waals surface area contributed by atoms with Gasteiger partial charge in [0.25, 0.3) is 5.56 Å². The first-order chi connectivity index (χ1) is 14.4. The third-order valence-corrected chi connectivity index (χ3v) is 8.66. The maximum Gasteiger partial charge on any atom is 0.313 e. The zero-order valence-electron chi connectivity index (χ0n) is 15.6. The number of carbonyl (C=O) groups excluding carboxylic acids is 2. The molecule has 0 aromatic carbocycles. The second-order valence-electron chi connectivity index (χ2n) is 7.10. The first kappa shape index (κ1) is 20.9. The third-order valence-electron chi connectivity index (χ3n) is 4.98. The van der Waals surface area contributed by atoms with Crippen LogP contribution in [-0.4, -0.2) is 67.5 Å². The largest absolute Gasteiger partial charge is 0.481 e. The van der Waals surface area contributed by atoms with Crippen LogP contribution in [0.5, 0.6) is 0 Å². The maximum atomic E-state index is 12.6. The average molecular weight is 467 g/mol. The summed E-state index contributed by atoms with van der Waals surface area (Å²) in [6.07, 6.45) is 0.223. The maximum absolute atomic E-state index is 12.6. The lowest BCUT2D eigenvalue weighted by Gasteiger charge is -2.53. The molecule has 2 aliphatic heterocycles. The molecule has 9 nitrogen and oxygen atoms in total. The van der Waals surface area contributed by atoms with E-state index in [1.54, 1.807) is 0 Å². The summed E-state index contributed by atoms with van der Waals surface area (Å²) in [5.41, 5.74) is -1.47. The highest BCUT2D eigenvalue weighted by atomic mass is 32.2. The number of hydrogen-bond donors (Lipinski definition) is 3. The van der Waals surface area contributed by atoms with Gasteiger partial charge < -0.3 is 15.3 Å². The van der Waals surface area contributed by atoms with Crippen LogP contribution in [0.15, 0.2) is 39.5 Å². The summed E-state index contributed by atoms with van der Waals surface area (Å²) in [5.74, 6) is -0.941. The van der Waals surface area contributed by atoms with Crippen LogP contribution in [0.1, 0.15) is 4.88 Å². The number of amides is 2. The van der Waals surface area contributed by atoms with E-state index in [0.29, 0.717) is 10.8 Å². The minimum absolute atomic E-state index is 0.0759. The van der Waals surface area contributed by atoms with Crippen molar-refractivity contribution >= 4 is 52.6 Å². The fourth-order valence-electron chi connectivity index (χ4n) is 3.33. The molecule has 0 aliphatic carbocycles. The number of carboxylic acids is 1. The smallest absolute Gasteiger partial charge is 0.313 e. The van der Waals surface area contributed by atoms with Crippen LogP contribution in [0.25, 0.3) is 0 Å². The Labute approximate surface area is 183 Å². The number of aromatic nitrogens is 2. The van der Waals surface area contributed by atoms with Crippen LogP contribution in [0.4, 0.5) is 0 Å². The van der Waals surface area contributed by atoms with Gasteiger partial charge in [0.15, 0.2) is 0 Å². The molecule has 2 fully saturated rings. The number of aliphatic carboxylic acids is 1. The van der Waals surface area contributed by atoms with Gasteiger partial charge in [0.1, 0.15) is 21.9 Å². The number of carbonyl (C=O) groups is 3. The molecule has 2 aliphatic rings. The molecule has 3 atom stereocenters. The van der Waals surface area contributed by atoms with Crippen molar-refractivity contribution in [3.8, 4) is 0 Å². The van der Waals surface area contributed by atoms with E-state index in [4.69, 9.17) is 0 Å². The molecule has 2 unspecified atom stereocenters. The van der Waals surface area contributed by atoms with Gasteiger partial charge in [-0.2, -0.15) is 5.10 Å². The van der Waals surface area contributed by atoms with E-state index in [1.165, 1.54) is 51.9 Å². The third kappa shape index (κ3) is 4.12. The first-order valence-corrected chi connectivity index (χ1v) is 12.0. The van der Waals surface area contributed by atoms with Gasteiger partial charge in [0, 0.05) is 29.0 Å². The number of fused-ring (bicyclic) bond motifs is 1. The molecule has 4 heterocycles. The minimum Gasteiger partial charge on any atom is -0.481 e. The van der Waals surface area contributed by atoms with E-state index < -0.39 is 17.4 Å². The SMILES string of the molecule is O=C(Cc1cccs1)NC1C(=O)N2CC(CSc3ccc(=O)[nH]n3)(C(=O)O)CS[C@H]12. The molecule has 0 spiro atoms. The minimum atomic E-state index is -1.13. The second kappa shape index (κ2) is 8.44. The standard InChI is InChI=1S/C18H18N4O5S3/c23-11-3-4-13(21-20-11)29-8-18(17(26)27)7-22-15(25)14(16(22)30-9-18)19-12(24)6-10-2-1-5-28-10/h1-5,14,16H,6-9H2,(H,19,24)(H,20,23)(H,26,27)/t14?,16-,18?/m1/s1. The molecule has 30 heavy (non-hydrogen) atoms. The van der Waals surface area contributed by atoms with E-state index in [0.717, 1.165) is 4.88 Å². The first-order valence-electron chi connectivity index (χ1n) is 9.04. The summed E-state index contributed by atoms with van der Waals surface area (Å²) in [5, 5.41) is 21.0. The van der Waals surface area contributed by atoms with E-state index in [1.807, 2.05) is 17.5 Å². The molecular weight excluding hydrogens is 448 g/mol. The Morgan fingerprint density at radius 1 is 1.37 bits per heavy atom. The Morgan fingerprint density at radius 2 is 2.20 bits per heavy atom. The van der Waals surface area contributed by atoms with Crippen molar-refractivity contribution in [3.63, 3.8) is 0 Å². The zero-order chi connectivity index (χ0) is 21.3. The molecule has 4 rings (SSSR count). The predicted octanol–water partition coefficient (Wildman–Crippen LogP) is 0.637. The van der Waals surface area contributed by atoms with Gasteiger partial charge >= 0.3 is 5.97 Å². The molecule has 2 saturated heterocycles. The second-order valence-corrected chi connectivity index (χ2v) is 10.2. The number of thioether (sulfide) groups is 2. The van der Waals surface area contributed by atoms with Gasteiger partial charge in [0.2, 0.25) is 11.8 Å². The van der Waals surface area contributed by atoms with Crippen molar-refractivity contribution in [1.82, 2.24) is 20.4 Å². The molecule has 12 heteroatoms. The number of rotatable bonds is 7. The van der Waals surface area contributed by atoms with Crippen molar-refractivity contribution in [2.24, 2.45) is 5.41 Å². The Balaban J connectivity index is 1.38. The van der Waals surface area contributed by atoms with Crippen LogP contribution in [0.3, 0.4) is 0 Å². The van der Waals surface area contributed by atoms with E-state index >= 15 is 0 Å². The molecule has 3 N–H and O–H groups in total. The van der Waals surface area contributed by atoms with Crippen molar-refractivity contribution in [2.45, 2.75) is 22.9 Å².